The zero-order valence-electron chi connectivity index (χ0n) is 12.0. The first-order chi connectivity index (χ1) is 10.1. The van der Waals surface area contributed by atoms with Gasteiger partial charge in [0, 0.05) is 10.5 Å². The summed E-state index contributed by atoms with van der Waals surface area (Å²) in [6.07, 6.45) is -3.16. The van der Waals surface area contributed by atoms with Gasteiger partial charge in [-0.3, -0.25) is 0 Å². The van der Waals surface area contributed by atoms with Gasteiger partial charge in [0.1, 0.15) is 0 Å². The zero-order valence-corrected chi connectivity index (χ0v) is 14.4. The van der Waals surface area contributed by atoms with E-state index in [4.69, 9.17) is 0 Å². The number of hydrogen-bond acceptors (Lipinski definition) is 2. The van der Waals surface area contributed by atoms with E-state index < -0.39 is 28.2 Å². The van der Waals surface area contributed by atoms with E-state index in [2.05, 4.69) is 20.7 Å². The third-order valence-electron chi connectivity index (χ3n) is 3.87. The van der Waals surface area contributed by atoms with Crippen LogP contribution < -0.4 is 4.72 Å². The standard InChI is InChI=1S/C14H17BrF3NO2S/c1-9-6-7-13(11(15)8-9)22(20,21)19-12-5-3-2-4-10(12)14(16,17)18/h6-8,10,12,19H,2-5H2,1H3/t10-,12+/m1/s1. The fraction of sp³-hybridized carbons (Fsp3) is 0.571. The van der Waals surface area contributed by atoms with Gasteiger partial charge in [-0.2, -0.15) is 13.2 Å². The average molecular weight is 400 g/mol. The minimum absolute atomic E-state index is 0.0360. The first kappa shape index (κ1) is 17.7. The molecule has 0 saturated heterocycles. The Bertz CT molecular complexity index is 646. The van der Waals surface area contributed by atoms with E-state index in [0.717, 1.165) is 5.56 Å². The summed E-state index contributed by atoms with van der Waals surface area (Å²) < 4.78 is 66.6. The Hall–Kier alpha value is -0.600. The second-order valence-electron chi connectivity index (χ2n) is 5.59. The summed E-state index contributed by atoms with van der Waals surface area (Å²) in [6, 6.07) is 3.53. The minimum Gasteiger partial charge on any atom is -0.207 e. The minimum atomic E-state index is -4.39. The van der Waals surface area contributed by atoms with Crippen LogP contribution in [0.3, 0.4) is 0 Å². The highest BCUT2D eigenvalue weighted by Gasteiger charge is 2.46. The van der Waals surface area contributed by atoms with Crippen LogP contribution in [-0.2, 0) is 10.0 Å². The van der Waals surface area contributed by atoms with E-state index in [1.165, 1.54) is 6.07 Å². The molecule has 0 spiro atoms. The largest absolute Gasteiger partial charge is 0.393 e. The van der Waals surface area contributed by atoms with E-state index >= 15 is 0 Å². The molecule has 22 heavy (non-hydrogen) atoms. The predicted octanol–water partition coefficient (Wildman–Crippen LogP) is 4.16. The summed E-state index contributed by atoms with van der Waals surface area (Å²) in [5.41, 5.74) is 0.858. The van der Waals surface area contributed by atoms with Crippen molar-refractivity contribution >= 4 is 26.0 Å². The Labute approximate surface area is 136 Å². The molecule has 0 aromatic heterocycles. The van der Waals surface area contributed by atoms with E-state index in [1.54, 1.807) is 19.1 Å². The second kappa shape index (κ2) is 6.49. The molecule has 0 radical (unpaired) electrons. The van der Waals surface area contributed by atoms with Gasteiger partial charge < -0.3 is 0 Å². The summed E-state index contributed by atoms with van der Waals surface area (Å²) in [7, 11) is -4.00. The maximum atomic E-state index is 13.1. The van der Waals surface area contributed by atoms with Gasteiger partial charge >= 0.3 is 6.18 Å². The van der Waals surface area contributed by atoms with Crippen LogP contribution in [-0.4, -0.2) is 20.6 Å². The quantitative estimate of drug-likeness (QED) is 0.829. The number of nitrogens with one attached hydrogen (secondary N) is 1. The first-order valence-corrected chi connectivity index (χ1v) is 9.24. The van der Waals surface area contributed by atoms with Crippen LogP contribution in [0.4, 0.5) is 13.2 Å². The Morgan fingerprint density at radius 1 is 1.23 bits per heavy atom. The molecule has 2 atom stereocenters. The molecule has 124 valence electrons. The number of alkyl halides is 3. The van der Waals surface area contributed by atoms with Crippen molar-refractivity contribution in [3.8, 4) is 0 Å². The van der Waals surface area contributed by atoms with Crippen molar-refractivity contribution in [2.75, 3.05) is 0 Å². The highest BCUT2D eigenvalue weighted by molar-refractivity contribution is 9.10. The highest BCUT2D eigenvalue weighted by atomic mass is 79.9. The van der Waals surface area contributed by atoms with Gasteiger partial charge in [0.05, 0.1) is 10.8 Å². The summed E-state index contributed by atoms with van der Waals surface area (Å²) in [5.74, 6) is -1.62. The molecule has 1 fully saturated rings. The van der Waals surface area contributed by atoms with Gasteiger partial charge in [-0.05, 0) is 53.4 Å². The molecule has 1 saturated carbocycles. The SMILES string of the molecule is Cc1ccc(S(=O)(=O)N[C@H]2CCCC[C@H]2C(F)(F)F)c(Br)c1. The fourth-order valence-electron chi connectivity index (χ4n) is 2.75. The number of benzene rings is 1. The topological polar surface area (TPSA) is 46.2 Å². The van der Waals surface area contributed by atoms with Crippen LogP contribution in [0.15, 0.2) is 27.6 Å². The monoisotopic (exact) mass is 399 g/mol. The lowest BCUT2D eigenvalue weighted by molar-refractivity contribution is -0.187. The normalized spacial score (nSPS) is 23.5. The number of aryl methyl sites for hydroxylation is 1. The first-order valence-electron chi connectivity index (χ1n) is 6.96. The lowest BCUT2D eigenvalue weighted by atomic mass is 9.85. The van der Waals surface area contributed by atoms with Crippen LogP contribution in [0.1, 0.15) is 31.2 Å². The van der Waals surface area contributed by atoms with Gasteiger partial charge in [0.25, 0.3) is 0 Å². The van der Waals surface area contributed by atoms with Crippen molar-refractivity contribution in [3.63, 3.8) is 0 Å². The Kier molecular flexibility index (Phi) is 5.23. The third kappa shape index (κ3) is 4.02. The number of rotatable bonds is 3. The summed E-state index contributed by atoms with van der Waals surface area (Å²) in [4.78, 5) is -0.0374. The van der Waals surface area contributed by atoms with Crippen molar-refractivity contribution in [1.29, 1.82) is 0 Å². The van der Waals surface area contributed by atoms with Gasteiger partial charge in [0.15, 0.2) is 0 Å². The Morgan fingerprint density at radius 2 is 1.86 bits per heavy atom. The van der Waals surface area contributed by atoms with Crippen molar-refractivity contribution in [3.05, 3.63) is 28.2 Å². The third-order valence-corrected chi connectivity index (χ3v) is 6.34. The van der Waals surface area contributed by atoms with Crippen molar-refractivity contribution in [2.45, 2.75) is 49.7 Å². The molecule has 1 aliphatic rings. The molecule has 0 bridgehead atoms. The van der Waals surface area contributed by atoms with Crippen LogP contribution in [0.25, 0.3) is 0 Å². The molecule has 0 amide bonds. The summed E-state index contributed by atoms with van der Waals surface area (Å²) >= 11 is 3.16. The van der Waals surface area contributed by atoms with Gasteiger partial charge in [0.2, 0.25) is 10.0 Å². The highest BCUT2D eigenvalue weighted by Crippen LogP contribution is 2.38. The molecule has 0 heterocycles. The lowest BCUT2D eigenvalue weighted by Crippen LogP contribution is -2.47. The van der Waals surface area contributed by atoms with Gasteiger partial charge in [-0.25, -0.2) is 13.1 Å². The molecule has 3 nitrogen and oxygen atoms in total. The van der Waals surface area contributed by atoms with E-state index in [1.807, 2.05) is 0 Å². The average Bonchev–Trinajstić information content (AvgIpc) is 2.36. The predicted molar refractivity (Wildman–Crippen MR) is 81.0 cm³/mol. The van der Waals surface area contributed by atoms with Crippen molar-refractivity contribution in [1.82, 2.24) is 4.72 Å². The maximum Gasteiger partial charge on any atom is 0.393 e. The lowest BCUT2D eigenvalue weighted by Gasteiger charge is -2.33. The number of sulfonamides is 1. The Balaban J connectivity index is 2.27. The Morgan fingerprint density at radius 3 is 2.45 bits per heavy atom. The summed E-state index contributed by atoms with van der Waals surface area (Å²) in [5, 5.41) is 0. The van der Waals surface area contributed by atoms with Gasteiger partial charge in [-0.1, -0.05) is 18.9 Å². The van der Waals surface area contributed by atoms with Crippen molar-refractivity contribution in [2.24, 2.45) is 5.92 Å². The van der Waals surface area contributed by atoms with E-state index in [-0.39, 0.29) is 17.7 Å². The molecule has 8 heteroatoms. The number of halogens is 4. The van der Waals surface area contributed by atoms with Crippen LogP contribution >= 0.6 is 15.9 Å². The smallest absolute Gasteiger partial charge is 0.207 e. The molecular formula is C14H17BrF3NO2S. The molecular weight excluding hydrogens is 383 g/mol. The molecule has 0 aliphatic heterocycles. The van der Waals surface area contributed by atoms with E-state index in [9.17, 15) is 21.6 Å². The summed E-state index contributed by atoms with van der Waals surface area (Å²) in [6.45, 7) is 1.80. The maximum absolute atomic E-state index is 13.1. The molecule has 2 rings (SSSR count). The second-order valence-corrected chi connectivity index (χ2v) is 8.13. The molecule has 1 aromatic carbocycles. The van der Waals surface area contributed by atoms with Gasteiger partial charge in [-0.15, -0.1) is 0 Å². The van der Waals surface area contributed by atoms with E-state index in [0.29, 0.717) is 17.3 Å². The molecule has 1 N–H and O–H groups in total. The van der Waals surface area contributed by atoms with Crippen molar-refractivity contribution < 1.29 is 21.6 Å². The molecule has 0 unspecified atom stereocenters. The molecule has 1 aromatic rings. The van der Waals surface area contributed by atoms with Crippen LogP contribution in [0.2, 0.25) is 0 Å². The fourth-order valence-corrected chi connectivity index (χ4v) is 5.25. The molecule has 1 aliphatic carbocycles. The zero-order chi connectivity index (χ0) is 16.5. The van der Waals surface area contributed by atoms with Crippen LogP contribution in [0, 0.1) is 12.8 Å². The van der Waals surface area contributed by atoms with Crippen LogP contribution in [0.5, 0.6) is 0 Å². The number of hydrogen-bond donors (Lipinski definition) is 1.